The monoisotopic (exact) mass is 262 g/mol. The average molecular weight is 263 g/mol. The van der Waals surface area contributed by atoms with Gasteiger partial charge in [0, 0.05) is 5.02 Å². The highest BCUT2D eigenvalue weighted by atomic mass is 35.5. The molecule has 0 saturated carbocycles. The van der Waals surface area contributed by atoms with Crippen LogP contribution in [0, 0.1) is 0 Å². The molecule has 1 N–H and O–H groups in total. The lowest BCUT2D eigenvalue weighted by molar-refractivity contribution is 0.0696. The van der Waals surface area contributed by atoms with Crippen molar-refractivity contribution in [3.05, 3.63) is 64.7 Å². The number of carboxylic acids is 1. The summed E-state index contributed by atoms with van der Waals surface area (Å²) in [5.41, 5.74) is 1.07. The van der Waals surface area contributed by atoms with Crippen LogP contribution in [0.25, 0.3) is 0 Å². The summed E-state index contributed by atoms with van der Waals surface area (Å²) in [5.74, 6) is -0.247. The molecule has 2 aromatic carbocycles. The molecule has 2 rings (SSSR count). The number of aromatic carboxylic acids is 1. The standard InChI is InChI=1S/C14H11ClO3/c15-12-4-6-13(7-5-12)18-9-10-2-1-3-11(8-10)14(16)17/h1-8H,9H2,(H,16,17). The normalized spacial score (nSPS) is 10.1. The fourth-order valence-corrected chi connectivity index (χ4v) is 1.62. The summed E-state index contributed by atoms with van der Waals surface area (Å²) in [5, 5.41) is 9.52. The van der Waals surface area contributed by atoms with Crippen molar-refractivity contribution < 1.29 is 14.6 Å². The zero-order valence-electron chi connectivity index (χ0n) is 9.47. The van der Waals surface area contributed by atoms with Gasteiger partial charge in [-0.25, -0.2) is 4.79 Å². The molecule has 92 valence electrons. The Hall–Kier alpha value is -2.00. The van der Waals surface area contributed by atoms with Crippen molar-refractivity contribution in [3.8, 4) is 5.75 Å². The lowest BCUT2D eigenvalue weighted by Crippen LogP contribution is -2.00. The van der Waals surface area contributed by atoms with E-state index in [1.807, 2.05) is 6.07 Å². The summed E-state index contributed by atoms with van der Waals surface area (Å²) in [6.45, 7) is 0.322. The van der Waals surface area contributed by atoms with E-state index in [2.05, 4.69) is 0 Å². The van der Waals surface area contributed by atoms with E-state index in [0.29, 0.717) is 17.4 Å². The molecule has 0 aliphatic heterocycles. The Labute approximate surface area is 110 Å². The third-order valence-electron chi connectivity index (χ3n) is 2.39. The second kappa shape index (κ2) is 5.56. The fourth-order valence-electron chi connectivity index (χ4n) is 1.49. The summed E-state index contributed by atoms with van der Waals surface area (Å²) in [6, 6.07) is 13.7. The molecule has 0 saturated heterocycles. The van der Waals surface area contributed by atoms with E-state index in [9.17, 15) is 4.79 Å². The number of carboxylic acid groups (broad SMARTS) is 1. The summed E-state index contributed by atoms with van der Waals surface area (Å²) in [4.78, 5) is 10.8. The molecular formula is C14H11ClO3. The van der Waals surface area contributed by atoms with E-state index in [4.69, 9.17) is 21.4 Å². The quantitative estimate of drug-likeness (QED) is 0.915. The van der Waals surface area contributed by atoms with Gasteiger partial charge in [-0.2, -0.15) is 0 Å². The predicted molar refractivity (Wildman–Crippen MR) is 69.2 cm³/mol. The van der Waals surface area contributed by atoms with E-state index in [0.717, 1.165) is 5.56 Å². The van der Waals surface area contributed by atoms with Crippen LogP contribution in [0.1, 0.15) is 15.9 Å². The molecule has 18 heavy (non-hydrogen) atoms. The number of halogens is 1. The van der Waals surface area contributed by atoms with E-state index >= 15 is 0 Å². The third-order valence-corrected chi connectivity index (χ3v) is 2.65. The molecule has 2 aromatic rings. The van der Waals surface area contributed by atoms with E-state index < -0.39 is 5.97 Å². The van der Waals surface area contributed by atoms with Crippen molar-refractivity contribution in [2.75, 3.05) is 0 Å². The van der Waals surface area contributed by atoms with Crippen molar-refractivity contribution in [1.82, 2.24) is 0 Å². The highest BCUT2D eigenvalue weighted by Gasteiger charge is 2.03. The first kappa shape index (κ1) is 12.5. The van der Waals surface area contributed by atoms with Gasteiger partial charge >= 0.3 is 5.97 Å². The molecule has 0 amide bonds. The SMILES string of the molecule is O=C(O)c1cccc(COc2ccc(Cl)cc2)c1. The number of hydrogen-bond acceptors (Lipinski definition) is 2. The molecule has 0 radical (unpaired) electrons. The zero-order chi connectivity index (χ0) is 13.0. The molecule has 0 bridgehead atoms. The Bertz CT molecular complexity index is 549. The van der Waals surface area contributed by atoms with Crippen molar-refractivity contribution in [1.29, 1.82) is 0 Å². The first-order chi connectivity index (χ1) is 8.65. The second-order valence-electron chi connectivity index (χ2n) is 3.75. The molecule has 0 aliphatic rings. The smallest absolute Gasteiger partial charge is 0.335 e. The minimum absolute atomic E-state index is 0.257. The molecule has 0 fully saturated rings. The first-order valence-corrected chi connectivity index (χ1v) is 5.73. The van der Waals surface area contributed by atoms with Gasteiger partial charge in [0.2, 0.25) is 0 Å². The number of ether oxygens (including phenoxy) is 1. The van der Waals surface area contributed by atoms with Crippen LogP contribution in [0.3, 0.4) is 0 Å². The molecule has 0 aliphatic carbocycles. The van der Waals surface area contributed by atoms with Crippen molar-refractivity contribution in [3.63, 3.8) is 0 Å². The van der Waals surface area contributed by atoms with Gasteiger partial charge in [0.25, 0.3) is 0 Å². The largest absolute Gasteiger partial charge is 0.489 e. The Kier molecular flexibility index (Phi) is 3.85. The topological polar surface area (TPSA) is 46.5 Å². The summed E-state index contributed by atoms with van der Waals surface area (Å²) in [6.07, 6.45) is 0. The van der Waals surface area contributed by atoms with Gasteiger partial charge in [-0.05, 0) is 42.0 Å². The third kappa shape index (κ3) is 3.25. The Balaban J connectivity index is 2.04. The van der Waals surface area contributed by atoms with Gasteiger partial charge in [-0.15, -0.1) is 0 Å². The van der Waals surface area contributed by atoms with E-state index in [1.54, 1.807) is 42.5 Å². The van der Waals surface area contributed by atoms with Crippen molar-refractivity contribution in [2.24, 2.45) is 0 Å². The van der Waals surface area contributed by atoms with Crippen LogP contribution >= 0.6 is 11.6 Å². The molecule has 0 atom stereocenters. The Morgan fingerprint density at radius 1 is 1.17 bits per heavy atom. The summed E-state index contributed by atoms with van der Waals surface area (Å²) >= 11 is 5.76. The van der Waals surface area contributed by atoms with Crippen molar-refractivity contribution in [2.45, 2.75) is 6.61 Å². The van der Waals surface area contributed by atoms with Crippen LogP contribution in [0.5, 0.6) is 5.75 Å². The summed E-state index contributed by atoms with van der Waals surface area (Å²) in [7, 11) is 0. The Morgan fingerprint density at radius 2 is 1.89 bits per heavy atom. The van der Waals surface area contributed by atoms with Crippen LogP contribution < -0.4 is 4.74 Å². The predicted octanol–water partition coefficient (Wildman–Crippen LogP) is 3.62. The van der Waals surface area contributed by atoms with Gasteiger partial charge in [0.15, 0.2) is 0 Å². The van der Waals surface area contributed by atoms with Gasteiger partial charge in [0.05, 0.1) is 5.56 Å². The minimum atomic E-state index is -0.941. The molecule has 0 spiro atoms. The molecule has 0 unspecified atom stereocenters. The lowest BCUT2D eigenvalue weighted by Gasteiger charge is -2.06. The Morgan fingerprint density at radius 3 is 2.56 bits per heavy atom. The van der Waals surface area contributed by atoms with Gasteiger partial charge < -0.3 is 9.84 Å². The van der Waals surface area contributed by atoms with Gasteiger partial charge in [-0.3, -0.25) is 0 Å². The number of hydrogen-bond donors (Lipinski definition) is 1. The van der Waals surface area contributed by atoms with Gasteiger partial charge in [-0.1, -0.05) is 23.7 Å². The molecule has 4 heteroatoms. The first-order valence-electron chi connectivity index (χ1n) is 5.36. The number of benzene rings is 2. The maximum Gasteiger partial charge on any atom is 0.335 e. The van der Waals surface area contributed by atoms with Crippen molar-refractivity contribution >= 4 is 17.6 Å². The highest BCUT2D eigenvalue weighted by molar-refractivity contribution is 6.30. The van der Waals surface area contributed by atoms with Crippen LogP contribution in [0.15, 0.2) is 48.5 Å². The molecule has 3 nitrogen and oxygen atoms in total. The van der Waals surface area contributed by atoms with Crippen LogP contribution in [-0.4, -0.2) is 11.1 Å². The maximum atomic E-state index is 10.8. The number of rotatable bonds is 4. The van der Waals surface area contributed by atoms with Crippen LogP contribution in [0.2, 0.25) is 5.02 Å². The lowest BCUT2D eigenvalue weighted by atomic mass is 10.1. The highest BCUT2D eigenvalue weighted by Crippen LogP contribution is 2.17. The minimum Gasteiger partial charge on any atom is -0.489 e. The number of carbonyl (C=O) groups is 1. The zero-order valence-corrected chi connectivity index (χ0v) is 10.2. The van der Waals surface area contributed by atoms with E-state index in [-0.39, 0.29) is 5.56 Å². The van der Waals surface area contributed by atoms with Gasteiger partial charge in [0.1, 0.15) is 12.4 Å². The summed E-state index contributed by atoms with van der Waals surface area (Å²) < 4.78 is 5.53. The van der Waals surface area contributed by atoms with Crippen LogP contribution in [-0.2, 0) is 6.61 Å². The fraction of sp³-hybridized carbons (Fsp3) is 0.0714. The molecule has 0 heterocycles. The van der Waals surface area contributed by atoms with Crippen LogP contribution in [0.4, 0.5) is 0 Å². The molecule has 0 aromatic heterocycles. The maximum absolute atomic E-state index is 10.8. The molecular weight excluding hydrogens is 252 g/mol. The second-order valence-corrected chi connectivity index (χ2v) is 4.18. The van der Waals surface area contributed by atoms with E-state index in [1.165, 1.54) is 0 Å². The average Bonchev–Trinajstić information content (AvgIpc) is 2.38.